The van der Waals surface area contributed by atoms with Crippen molar-refractivity contribution in [3.8, 4) is 11.8 Å². The van der Waals surface area contributed by atoms with E-state index in [4.69, 9.17) is 28.3 Å². The van der Waals surface area contributed by atoms with Gasteiger partial charge >= 0.3 is 11.7 Å². The predicted molar refractivity (Wildman–Crippen MR) is 120 cm³/mol. The Bertz CT molecular complexity index is 1330. The van der Waals surface area contributed by atoms with Gasteiger partial charge in [0.05, 0.1) is 11.8 Å². The zero-order valence-corrected chi connectivity index (χ0v) is 18.4. The van der Waals surface area contributed by atoms with Crippen molar-refractivity contribution in [2.24, 2.45) is 0 Å². The van der Waals surface area contributed by atoms with Crippen LogP contribution in [0.2, 0.25) is 10.0 Å². The Hall–Kier alpha value is -3.41. The third-order valence-electron chi connectivity index (χ3n) is 5.12. The van der Waals surface area contributed by atoms with Gasteiger partial charge in [0, 0.05) is 10.0 Å². The first-order chi connectivity index (χ1) is 15.2. The molecule has 1 heterocycles. The first-order valence-electron chi connectivity index (χ1n) is 9.68. The smallest absolute Gasteiger partial charge is 0.362 e. The van der Waals surface area contributed by atoms with Crippen LogP contribution in [-0.2, 0) is 5.41 Å². The van der Waals surface area contributed by atoms with Gasteiger partial charge in [0.25, 0.3) is 5.56 Å². The van der Waals surface area contributed by atoms with Crippen molar-refractivity contribution in [3.05, 3.63) is 90.2 Å². The van der Waals surface area contributed by atoms with Crippen molar-refractivity contribution in [3.63, 3.8) is 0 Å². The quantitative estimate of drug-likeness (QED) is 0.535. The van der Waals surface area contributed by atoms with E-state index < -0.39 is 28.3 Å². The largest absolute Gasteiger partial charge is 0.476 e. The van der Waals surface area contributed by atoms with Crippen molar-refractivity contribution in [1.29, 1.82) is 5.26 Å². The van der Waals surface area contributed by atoms with Crippen LogP contribution in [0, 0.1) is 11.3 Å². The summed E-state index contributed by atoms with van der Waals surface area (Å²) in [6.45, 7) is 2.02. The first kappa shape index (κ1) is 23.3. The number of carboxylic acids is 1. The highest BCUT2D eigenvalue weighted by molar-refractivity contribution is 6.32. The van der Waals surface area contributed by atoms with Gasteiger partial charge in [0.1, 0.15) is 5.41 Å². The number of halogens is 2. The van der Waals surface area contributed by atoms with Crippen molar-refractivity contribution < 1.29 is 9.90 Å². The average Bonchev–Trinajstić information content (AvgIpc) is 2.76. The zero-order chi connectivity index (χ0) is 23.5. The Morgan fingerprint density at radius 1 is 1.22 bits per heavy atom. The average molecular weight is 473 g/mol. The summed E-state index contributed by atoms with van der Waals surface area (Å²) in [6.07, 6.45) is 2.12. The topological polar surface area (TPSA) is 129 Å². The normalized spacial score (nSPS) is 12.7. The third-order valence-corrected chi connectivity index (χ3v) is 5.69. The molecule has 0 aliphatic rings. The lowest BCUT2D eigenvalue weighted by Crippen LogP contribution is -2.35. The molecule has 2 aromatic carbocycles. The minimum Gasteiger partial charge on any atom is -0.476 e. The standard InChI is InChI=1S/C22H18Cl2N4O4/c1-2-3-10-22(12-25,13-4-6-14(23)7-5-13)16-9-8-15(11-17(16)24)28-21(32)26-19(29)18(27-28)20(30)31/h4-9,11H,2-3,10H2,1H3,(H,30,31)(H,26,29,32). The maximum atomic E-state index is 12.2. The highest BCUT2D eigenvalue weighted by Gasteiger charge is 2.36. The number of unbranched alkanes of at least 4 members (excludes halogenated alkanes) is 1. The van der Waals surface area contributed by atoms with Gasteiger partial charge in [-0.1, -0.05) is 61.2 Å². The number of nitrogens with zero attached hydrogens (tertiary/aromatic N) is 3. The molecule has 3 rings (SSSR count). The Labute approximate surface area is 192 Å². The first-order valence-corrected chi connectivity index (χ1v) is 10.4. The molecule has 3 aromatic rings. The van der Waals surface area contributed by atoms with Gasteiger partial charge < -0.3 is 5.11 Å². The molecule has 0 saturated carbocycles. The fraction of sp³-hybridized carbons (Fsp3) is 0.227. The van der Waals surface area contributed by atoms with E-state index >= 15 is 0 Å². The molecule has 1 unspecified atom stereocenters. The number of rotatable bonds is 7. The van der Waals surface area contributed by atoms with Crippen LogP contribution in [0.4, 0.5) is 0 Å². The van der Waals surface area contributed by atoms with Crippen LogP contribution in [0.3, 0.4) is 0 Å². The summed E-state index contributed by atoms with van der Waals surface area (Å²) in [5.41, 5.74) is -2.53. The van der Waals surface area contributed by atoms with E-state index in [1.165, 1.54) is 12.1 Å². The van der Waals surface area contributed by atoms with Gasteiger partial charge in [0.2, 0.25) is 5.69 Å². The maximum absolute atomic E-state index is 12.2. The second-order valence-electron chi connectivity index (χ2n) is 7.12. The summed E-state index contributed by atoms with van der Waals surface area (Å²) in [6, 6.07) is 13.9. The molecule has 32 heavy (non-hydrogen) atoms. The molecule has 10 heteroatoms. The number of aromatic carboxylic acids is 1. The van der Waals surface area contributed by atoms with E-state index in [0.29, 0.717) is 17.0 Å². The predicted octanol–water partition coefficient (Wildman–Crippen LogP) is 3.93. The number of carbonyl (C=O) groups is 1. The monoisotopic (exact) mass is 472 g/mol. The number of aromatic amines is 1. The van der Waals surface area contributed by atoms with Crippen molar-refractivity contribution in [2.45, 2.75) is 31.6 Å². The summed E-state index contributed by atoms with van der Waals surface area (Å²) in [7, 11) is 0. The van der Waals surface area contributed by atoms with Crippen molar-refractivity contribution >= 4 is 29.2 Å². The summed E-state index contributed by atoms with van der Waals surface area (Å²) in [5, 5.41) is 23.7. The number of H-pyrrole nitrogens is 1. The number of benzene rings is 2. The molecule has 1 atom stereocenters. The number of nitrogens with one attached hydrogen (secondary N) is 1. The summed E-state index contributed by atoms with van der Waals surface area (Å²) in [4.78, 5) is 37.0. The van der Waals surface area contributed by atoms with Gasteiger partial charge in [0.15, 0.2) is 0 Å². The minimum atomic E-state index is -1.58. The fourth-order valence-electron chi connectivity index (χ4n) is 3.49. The second-order valence-corrected chi connectivity index (χ2v) is 7.96. The molecule has 0 radical (unpaired) electrons. The van der Waals surface area contributed by atoms with Crippen LogP contribution in [-0.4, -0.2) is 25.8 Å². The molecule has 1 aromatic heterocycles. The molecule has 0 aliphatic heterocycles. The van der Waals surface area contributed by atoms with Crippen molar-refractivity contribution in [1.82, 2.24) is 14.8 Å². The van der Waals surface area contributed by atoms with E-state index in [0.717, 1.165) is 23.1 Å². The molecule has 0 saturated heterocycles. The van der Waals surface area contributed by atoms with Crippen LogP contribution in [0.25, 0.3) is 5.69 Å². The van der Waals surface area contributed by atoms with E-state index in [9.17, 15) is 19.6 Å². The van der Waals surface area contributed by atoms with E-state index in [1.807, 2.05) is 11.9 Å². The van der Waals surface area contributed by atoms with E-state index in [2.05, 4.69) is 11.2 Å². The number of hydrogen-bond donors (Lipinski definition) is 2. The van der Waals surface area contributed by atoms with Gasteiger partial charge in [-0.05, 0) is 41.8 Å². The summed E-state index contributed by atoms with van der Waals surface area (Å²) in [5.74, 6) is -1.58. The number of hydrogen-bond acceptors (Lipinski definition) is 5. The lowest BCUT2D eigenvalue weighted by Gasteiger charge is -2.29. The van der Waals surface area contributed by atoms with Gasteiger partial charge in [-0.3, -0.25) is 9.78 Å². The van der Waals surface area contributed by atoms with E-state index in [1.54, 1.807) is 30.3 Å². The molecule has 0 amide bonds. The Morgan fingerprint density at radius 3 is 2.47 bits per heavy atom. The fourth-order valence-corrected chi connectivity index (χ4v) is 3.95. The third kappa shape index (κ3) is 4.31. The van der Waals surface area contributed by atoms with Crippen LogP contribution in [0.1, 0.15) is 47.8 Å². The molecule has 0 aliphatic carbocycles. The van der Waals surface area contributed by atoms with Gasteiger partial charge in [-0.25, -0.2) is 9.59 Å². The molecule has 0 spiro atoms. The number of aromatic nitrogens is 3. The Balaban J connectivity index is 2.19. The number of nitriles is 1. The highest BCUT2D eigenvalue weighted by Crippen LogP contribution is 2.41. The lowest BCUT2D eigenvalue weighted by atomic mass is 9.72. The van der Waals surface area contributed by atoms with Crippen LogP contribution < -0.4 is 11.2 Å². The van der Waals surface area contributed by atoms with Gasteiger partial charge in [-0.15, -0.1) is 0 Å². The molecule has 8 nitrogen and oxygen atoms in total. The zero-order valence-electron chi connectivity index (χ0n) is 16.9. The molecular formula is C22H18Cl2N4O4. The van der Waals surface area contributed by atoms with Gasteiger partial charge in [-0.2, -0.15) is 15.0 Å². The summed E-state index contributed by atoms with van der Waals surface area (Å²) >= 11 is 12.6. The minimum absolute atomic E-state index is 0.140. The SMILES string of the molecule is CCCCC(C#N)(c1ccc(Cl)cc1)c1ccc(-n2nc(C(=O)O)c(=O)[nH]c2=O)cc1Cl. The number of carboxylic acid groups (broad SMARTS) is 1. The molecule has 0 bridgehead atoms. The van der Waals surface area contributed by atoms with Crippen LogP contribution >= 0.6 is 23.2 Å². The van der Waals surface area contributed by atoms with E-state index in [-0.39, 0.29) is 10.7 Å². The molecule has 2 N–H and O–H groups in total. The van der Waals surface area contributed by atoms with Crippen molar-refractivity contribution in [2.75, 3.05) is 0 Å². The molecular weight excluding hydrogens is 455 g/mol. The highest BCUT2D eigenvalue weighted by atomic mass is 35.5. The second kappa shape index (κ2) is 9.39. The van der Waals surface area contributed by atoms with Crippen LogP contribution in [0.15, 0.2) is 52.1 Å². The maximum Gasteiger partial charge on any atom is 0.362 e. The Morgan fingerprint density at radius 2 is 1.91 bits per heavy atom. The van der Waals surface area contributed by atoms with Crippen LogP contribution in [0.5, 0.6) is 0 Å². The Kier molecular flexibility index (Phi) is 6.82. The molecule has 0 fully saturated rings. The lowest BCUT2D eigenvalue weighted by molar-refractivity contribution is 0.0685. The molecule has 164 valence electrons. The summed E-state index contributed by atoms with van der Waals surface area (Å²) < 4.78 is 0.739.